The summed E-state index contributed by atoms with van der Waals surface area (Å²) in [5, 5.41) is 19.7. The van der Waals surface area contributed by atoms with Gasteiger partial charge in [-0.2, -0.15) is 4.68 Å². The number of aromatic nitrogens is 4. The first kappa shape index (κ1) is 12.8. The van der Waals surface area contributed by atoms with E-state index in [2.05, 4.69) is 15.5 Å². The first-order valence-electron chi connectivity index (χ1n) is 5.36. The molecule has 2 aromatic rings. The van der Waals surface area contributed by atoms with E-state index in [4.69, 9.17) is 14.6 Å². The Bertz CT molecular complexity index is 574. The molecule has 8 heteroatoms. The molecule has 0 bridgehead atoms. The van der Waals surface area contributed by atoms with Crippen LogP contribution in [-0.2, 0) is 11.2 Å². The van der Waals surface area contributed by atoms with Crippen molar-refractivity contribution in [1.29, 1.82) is 0 Å². The molecule has 100 valence electrons. The molecule has 0 aliphatic rings. The van der Waals surface area contributed by atoms with Crippen molar-refractivity contribution in [2.75, 3.05) is 14.2 Å². The fraction of sp³-hybridized carbons (Fsp3) is 0.273. The second-order valence-corrected chi connectivity index (χ2v) is 3.65. The molecule has 1 aromatic heterocycles. The summed E-state index contributed by atoms with van der Waals surface area (Å²) in [5.41, 5.74) is 0.567. The van der Waals surface area contributed by atoms with Crippen molar-refractivity contribution in [2.45, 2.75) is 6.42 Å². The van der Waals surface area contributed by atoms with E-state index in [9.17, 15) is 4.79 Å². The van der Waals surface area contributed by atoms with Crippen molar-refractivity contribution in [1.82, 2.24) is 20.2 Å². The number of tetrazole rings is 1. The first-order chi connectivity index (χ1) is 9.13. The molecular formula is C11H12N4O4. The van der Waals surface area contributed by atoms with Gasteiger partial charge in [0.1, 0.15) is 17.9 Å². The molecule has 0 spiro atoms. The van der Waals surface area contributed by atoms with E-state index in [1.54, 1.807) is 18.2 Å². The van der Waals surface area contributed by atoms with Crippen LogP contribution in [-0.4, -0.2) is 45.5 Å². The highest BCUT2D eigenvalue weighted by Crippen LogP contribution is 2.24. The van der Waals surface area contributed by atoms with E-state index in [-0.39, 0.29) is 12.2 Å². The molecule has 0 radical (unpaired) electrons. The molecule has 8 nitrogen and oxygen atoms in total. The molecule has 1 aromatic carbocycles. The molecule has 1 N–H and O–H groups in total. The number of methoxy groups -OCH3 is 2. The summed E-state index contributed by atoms with van der Waals surface area (Å²) < 4.78 is 11.6. The maximum atomic E-state index is 10.7. The fourth-order valence-electron chi connectivity index (χ4n) is 1.57. The molecule has 0 aliphatic carbocycles. The fourth-order valence-corrected chi connectivity index (χ4v) is 1.57. The highest BCUT2D eigenvalue weighted by Gasteiger charge is 2.13. The quantitative estimate of drug-likeness (QED) is 0.829. The number of benzene rings is 1. The number of aliphatic carboxylic acids is 1. The number of hydrogen-bond acceptors (Lipinski definition) is 6. The van der Waals surface area contributed by atoms with Crippen LogP contribution < -0.4 is 9.47 Å². The van der Waals surface area contributed by atoms with Crippen LogP contribution in [0.5, 0.6) is 11.5 Å². The zero-order valence-electron chi connectivity index (χ0n) is 10.4. The van der Waals surface area contributed by atoms with E-state index < -0.39 is 5.97 Å². The van der Waals surface area contributed by atoms with Gasteiger partial charge in [0.05, 0.1) is 19.9 Å². The average Bonchev–Trinajstić information content (AvgIpc) is 2.85. The molecule has 0 unspecified atom stereocenters. The van der Waals surface area contributed by atoms with Crippen LogP contribution >= 0.6 is 0 Å². The lowest BCUT2D eigenvalue weighted by molar-refractivity contribution is -0.136. The van der Waals surface area contributed by atoms with Crippen molar-refractivity contribution in [3.05, 3.63) is 24.0 Å². The normalized spacial score (nSPS) is 10.2. The lowest BCUT2D eigenvalue weighted by Crippen LogP contribution is -2.09. The Kier molecular flexibility index (Phi) is 3.60. The molecule has 2 rings (SSSR count). The van der Waals surface area contributed by atoms with Gasteiger partial charge in [-0.15, -0.1) is 5.10 Å². The van der Waals surface area contributed by atoms with Crippen LogP contribution in [0.15, 0.2) is 18.2 Å². The average molecular weight is 264 g/mol. The van der Waals surface area contributed by atoms with E-state index in [1.165, 1.54) is 18.9 Å². The van der Waals surface area contributed by atoms with Crippen LogP contribution in [0.1, 0.15) is 5.82 Å². The molecule has 0 amide bonds. The number of carboxylic acids is 1. The Morgan fingerprint density at radius 2 is 1.89 bits per heavy atom. The smallest absolute Gasteiger partial charge is 0.311 e. The molecular weight excluding hydrogens is 252 g/mol. The largest absolute Gasteiger partial charge is 0.497 e. The summed E-state index contributed by atoms with van der Waals surface area (Å²) in [5.74, 6) is 0.339. The minimum atomic E-state index is -1.01. The highest BCUT2D eigenvalue weighted by atomic mass is 16.5. The van der Waals surface area contributed by atoms with Crippen LogP contribution in [0.2, 0.25) is 0 Å². The highest BCUT2D eigenvalue weighted by molar-refractivity contribution is 5.69. The molecule has 0 aliphatic heterocycles. The third-order valence-corrected chi connectivity index (χ3v) is 2.42. The van der Waals surface area contributed by atoms with Crippen molar-refractivity contribution in [3.8, 4) is 17.2 Å². The van der Waals surface area contributed by atoms with Gasteiger partial charge < -0.3 is 14.6 Å². The third kappa shape index (κ3) is 2.79. The van der Waals surface area contributed by atoms with Crippen molar-refractivity contribution < 1.29 is 19.4 Å². The number of ether oxygens (including phenoxy) is 2. The number of rotatable bonds is 5. The zero-order chi connectivity index (χ0) is 13.8. The number of carbonyl (C=O) groups is 1. The van der Waals surface area contributed by atoms with Crippen LogP contribution in [0.3, 0.4) is 0 Å². The summed E-state index contributed by atoms with van der Waals surface area (Å²) in [7, 11) is 3.05. The standard InChI is InChI=1S/C11H12N4O4/c1-18-8-3-7(4-9(5-8)19-2)15-10(6-11(16)17)12-13-14-15/h3-5H,6H2,1-2H3,(H,16,17). The topological polar surface area (TPSA) is 99.4 Å². The van der Waals surface area contributed by atoms with E-state index in [1.807, 2.05) is 0 Å². The lowest BCUT2D eigenvalue weighted by Gasteiger charge is -2.08. The Morgan fingerprint density at radius 3 is 2.42 bits per heavy atom. The molecule has 1 heterocycles. The van der Waals surface area contributed by atoms with Crippen LogP contribution in [0.4, 0.5) is 0 Å². The van der Waals surface area contributed by atoms with Crippen LogP contribution in [0, 0.1) is 0 Å². The van der Waals surface area contributed by atoms with Gasteiger partial charge in [0.15, 0.2) is 5.82 Å². The Hall–Kier alpha value is -2.64. The first-order valence-corrected chi connectivity index (χ1v) is 5.36. The third-order valence-electron chi connectivity index (χ3n) is 2.42. The van der Waals surface area contributed by atoms with Gasteiger partial charge in [0.25, 0.3) is 0 Å². The van der Waals surface area contributed by atoms with Gasteiger partial charge in [-0.05, 0) is 10.4 Å². The van der Waals surface area contributed by atoms with Crippen molar-refractivity contribution in [3.63, 3.8) is 0 Å². The Labute approximate surface area is 108 Å². The van der Waals surface area contributed by atoms with E-state index in [0.717, 1.165) is 0 Å². The molecule has 0 saturated carbocycles. The van der Waals surface area contributed by atoms with Gasteiger partial charge in [0, 0.05) is 18.2 Å². The van der Waals surface area contributed by atoms with Gasteiger partial charge in [-0.25, -0.2) is 0 Å². The van der Waals surface area contributed by atoms with Gasteiger partial charge in [-0.1, -0.05) is 0 Å². The molecule has 0 atom stereocenters. The summed E-state index contributed by atoms with van der Waals surface area (Å²) >= 11 is 0. The monoisotopic (exact) mass is 264 g/mol. The predicted molar refractivity (Wildman–Crippen MR) is 63.6 cm³/mol. The summed E-state index contributed by atoms with van der Waals surface area (Å²) in [6, 6.07) is 5.07. The minimum Gasteiger partial charge on any atom is -0.497 e. The number of carboxylic acid groups (broad SMARTS) is 1. The molecule has 19 heavy (non-hydrogen) atoms. The minimum absolute atomic E-state index is 0.225. The predicted octanol–water partition coefficient (Wildman–Crippen LogP) is 0.307. The second kappa shape index (κ2) is 5.34. The van der Waals surface area contributed by atoms with Gasteiger partial charge >= 0.3 is 5.97 Å². The maximum absolute atomic E-state index is 10.7. The molecule has 0 fully saturated rings. The number of nitrogens with zero attached hydrogens (tertiary/aromatic N) is 4. The van der Waals surface area contributed by atoms with E-state index >= 15 is 0 Å². The van der Waals surface area contributed by atoms with Gasteiger partial charge in [-0.3, -0.25) is 4.79 Å². The molecule has 0 saturated heterocycles. The lowest BCUT2D eigenvalue weighted by atomic mass is 10.2. The van der Waals surface area contributed by atoms with Crippen LogP contribution in [0.25, 0.3) is 5.69 Å². The SMILES string of the molecule is COc1cc(OC)cc(-n2nnnc2CC(=O)O)c1. The van der Waals surface area contributed by atoms with Gasteiger partial charge in [0.2, 0.25) is 0 Å². The zero-order valence-corrected chi connectivity index (χ0v) is 10.4. The van der Waals surface area contributed by atoms with Crippen molar-refractivity contribution in [2.24, 2.45) is 0 Å². The summed E-state index contributed by atoms with van der Waals surface area (Å²) in [6.07, 6.45) is -0.271. The Morgan fingerprint density at radius 1 is 1.26 bits per heavy atom. The Balaban J connectivity index is 2.46. The number of hydrogen-bond donors (Lipinski definition) is 1. The van der Waals surface area contributed by atoms with E-state index in [0.29, 0.717) is 17.2 Å². The second-order valence-electron chi connectivity index (χ2n) is 3.65. The summed E-state index contributed by atoms with van der Waals surface area (Å²) in [4.78, 5) is 10.7. The maximum Gasteiger partial charge on any atom is 0.311 e. The van der Waals surface area contributed by atoms with Crippen molar-refractivity contribution >= 4 is 5.97 Å². The summed E-state index contributed by atoms with van der Waals surface area (Å²) in [6.45, 7) is 0.